The Kier molecular flexibility index (Phi) is 8.57. The molecule has 1 rings (SSSR count). The van der Waals surface area contributed by atoms with E-state index in [1.165, 1.54) is 31.4 Å². The number of ether oxygens (including phenoxy) is 1. The fourth-order valence-corrected chi connectivity index (χ4v) is 3.16. The van der Waals surface area contributed by atoms with Gasteiger partial charge in [-0.2, -0.15) is 0 Å². The number of allylic oxidation sites excluding steroid dienone is 4. The molecule has 0 amide bonds. The van der Waals surface area contributed by atoms with Gasteiger partial charge in [0, 0.05) is 19.6 Å². The minimum atomic E-state index is 0.321. The quantitative estimate of drug-likeness (QED) is 0.551. The van der Waals surface area contributed by atoms with Crippen LogP contribution in [0.25, 0.3) is 0 Å². The molecule has 0 spiro atoms. The van der Waals surface area contributed by atoms with Gasteiger partial charge in [-0.15, -0.1) is 0 Å². The molecule has 1 aliphatic heterocycles. The molecule has 0 saturated carbocycles. The number of hydrogen-bond acceptors (Lipinski definition) is 2. The van der Waals surface area contributed by atoms with Crippen molar-refractivity contribution in [3.05, 3.63) is 23.8 Å². The van der Waals surface area contributed by atoms with Crippen LogP contribution in [0.3, 0.4) is 0 Å². The minimum Gasteiger partial charge on any atom is -0.373 e. The Morgan fingerprint density at radius 2 is 1.87 bits per heavy atom. The Hall–Kier alpha value is -0.600. The lowest BCUT2D eigenvalue weighted by atomic mass is 9.82. The van der Waals surface area contributed by atoms with Gasteiger partial charge >= 0.3 is 0 Å². The van der Waals surface area contributed by atoms with E-state index in [0.717, 1.165) is 19.0 Å². The van der Waals surface area contributed by atoms with Gasteiger partial charge in [-0.3, -0.25) is 4.90 Å². The molecule has 0 radical (unpaired) electrons. The van der Waals surface area contributed by atoms with Gasteiger partial charge in [-0.1, -0.05) is 51.5 Å². The van der Waals surface area contributed by atoms with Crippen LogP contribution in [0.5, 0.6) is 0 Å². The first-order valence-corrected chi connectivity index (χ1v) is 9.46. The molecule has 0 aromatic heterocycles. The zero-order valence-electron chi connectivity index (χ0n) is 16.6. The van der Waals surface area contributed by atoms with Crippen molar-refractivity contribution >= 4 is 0 Å². The van der Waals surface area contributed by atoms with Crippen LogP contribution in [0, 0.1) is 11.3 Å². The van der Waals surface area contributed by atoms with Gasteiger partial charge in [0.1, 0.15) is 0 Å². The van der Waals surface area contributed by atoms with Crippen molar-refractivity contribution in [3.63, 3.8) is 0 Å². The average Bonchev–Trinajstić information content (AvgIpc) is 2.45. The summed E-state index contributed by atoms with van der Waals surface area (Å²) in [4.78, 5) is 2.57. The number of hydrogen-bond donors (Lipinski definition) is 0. The Labute approximate surface area is 145 Å². The molecule has 0 aromatic carbocycles. The monoisotopic (exact) mass is 321 g/mol. The highest BCUT2D eigenvalue weighted by Crippen LogP contribution is 2.29. The zero-order chi connectivity index (χ0) is 17.5. The van der Waals surface area contributed by atoms with Gasteiger partial charge < -0.3 is 4.74 Å². The summed E-state index contributed by atoms with van der Waals surface area (Å²) in [5.41, 5.74) is 1.79. The fraction of sp³-hybridized carbons (Fsp3) is 0.810. The molecule has 0 aliphatic carbocycles. The zero-order valence-corrected chi connectivity index (χ0v) is 16.6. The first-order valence-electron chi connectivity index (χ1n) is 9.46. The summed E-state index contributed by atoms with van der Waals surface area (Å²) < 4.78 is 5.81. The third-order valence-corrected chi connectivity index (χ3v) is 5.32. The van der Waals surface area contributed by atoms with Crippen LogP contribution in [-0.4, -0.2) is 36.7 Å². The SMILES string of the molecule is CCC(C)(C)/C(C)=C/C=C\CCC(C)CN1CC(C)OC(C)C1. The Morgan fingerprint density at radius 1 is 1.26 bits per heavy atom. The van der Waals surface area contributed by atoms with Crippen LogP contribution < -0.4 is 0 Å². The molecule has 134 valence electrons. The molecular formula is C21H39NO. The van der Waals surface area contributed by atoms with E-state index in [4.69, 9.17) is 4.74 Å². The molecule has 1 saturated heterocycles. The normalized spacial score (nSPS) is 26.0. The topological polar surface area (TPSA) is 12.5 Å². The minimum absolute atomic E-state index is 0.321. The summed E-state index contributed by atoms with van der Waals surface area (Å²) in [7, 11) is 0. The average molecular weight is 322 g/mol. The first kappa shape index (κ1) is 20.4. The standard InChI is InChI=1S/C21H39NO/c1-8-21(6,7)18(3)13-11-9-10-12-17(2)14-22-15-19(4)23-20(5)16-22/h9,11,13,17,19-20H,8,10,12,14-16H2,1-7H3/b11-9-,18-13+. The second-order valence-corrected chi connectivity index (χ2v) is 8.17. The summed E-state index contributed by atoms with van der Waals surface area (Å²) >= 11 is 0. The third kappa shape index (κ3) is 7.67. The number of morpholine rings is 1. The maximum Gasteiger partial charge on any atom is 0.0678 e. The highest BCUT2D eigenvalue weighted by atomic mass is 16.5. The highest BCUT2D eigenvalue weighted by Gasteiger charge is 2.22. The summed E-state index contributed by atoms with van der Waals surface area (Å²) in [6.45, 7) is 19.2. The van der Waals surface area contributed by atoms with Gasteiger partial charge in [0.25, 0.3) is 0 Å². The van der Waals surface area contributed by atoms with E-state index in [1.807, 2.05) is 0 Å². The van der Waals surface area contributed by atoms with E-state index in [1.54, 1.807) is 0 Å². The summed E-state index contributed by atoms with van der Waals surface area (Å²) in [6, 6.07) is 0. The van der Waals surface area contributed by atoms with Gasteiger partial charge in [0.05, 0.1) is 12.2 Å². The molecule has 0 bridgehead atoms. The second-order valence-electron chi connectivity index (χ2n) is 8.17. The number of nitrogens with zero attached hydrogens (tertiary/aromatic N) is 1. The van der Waals surface area contributed by atoms with E-state index in [-0.39, 0.29) is 0 Å². The lowest BCUT2D eigenvalue weighted by Gasteiger charge is -2.36. The van der Waals surface area contributed by atoms with Crippen molar-refractivity contribution in [3.8, 4) is 0 Å². The summed E-state index contributed by atoms with van der Waals surface area (Å²) in [5, 5.41) is 0. The molecule has 2 nitrogen and oxygen atoms in total. The maximum absolute atomic E-state index is 5.81. The van der Waals surface area contributed by atoms with Crippen molar-refractivity contribution in [2.45, 2.75) is 79.9 Å². The lowest BCUT2D eigenvalue weighted by molar-refractivity contribution is -0.0710. The van der Waals surface area contributed by atoms with Crippen LogP contribution >= 0.6 is 0 Å². The first-order chi connectivity index (χ1) is 10.7. The molecule has 1 fully saturated rings. The number of rotatable bonds is 8. The van der Waals surface area contributed by atoms with E-state index in [9.17, 15) is 0 Å². The van der Waals surface area contributed by atoms with Crippen molar-refractivity contribution < 1.29 is 4.74 Å². The van der Waals surface area contributed by atoms with E-state index in [2.05, 4.69) is 71.6 Å². The second kappa shape index (κ2) is 9.64. The molecule has 3 atom stereocenters. The summed E-state index contributed by atoms with van der Waals surface area (Å²) in [6.07, 6.45) is 11.3. The van der Waals surface area contributed by atoms with Crippen LogP contribution in [-0.2, 0) is 4.74 Å². The van der Waals surface area contributed by atoms with E-state index < -0.39 is 0 Å². The predicted molar refractivity (Wildman–Crippen MR) is 102 cm³/mol. The van der Waals surface area contributed by atoms with Gasteiger partial charge in [-0.05, 0) is 51.4 Å². The van der Waals surface area contributed by atoms with Crippen LogP contribution in [0.4, 0.5) is 0 Å². The van der Waals surface area contributed by atoms with Crippen LogP contribution in [0.15, 0.2) is 23.8 Å². The highest BCUT2D eigenvalue weighted by molar-refractivity contribution is 5.16. The van der Waals surface area contributed by atoms with Gasteiger partial charge in [-0.25, -0.2) is 0 Å². The maximum atomic E-state index is 5.81. The summed E-state index contributed by atoms with van der Waals surface area (Å²) in [5.74, 6) is 0.745. The van der Waals surface area contributed by atoms with Gasteiger partial charge in [0.15, 0.2) is 0 Å². The van der Waals surface area contributed by atoms with E-state index >= 15 is 0 Å². The van der Waals surface area contributed by atoms with Crippen LogP contribution in [0.1, 0.15) is 67.7 Å². The van der Waals surface area contributed by atoms with Crippen molar-refractivity contribution in [2.24, 2.45) is 11.3 Å². The molecule has 2 heteroatoms. The van der Waals surface area contributed by atoms with Crippen molar-refractivity contribution in [1.82, 2.24) is 4.90 Å². The predicted octanol–water partition coefficient (Wildman–Crippen LogP) is 5.45. The molecular weight excluding hydrogens is 282 g/mol. The van der Waals surface area contributed by atoms with Crippen molar-refractivity contribution in [1.29, 1.82) is 0 Å². The molecule has 1 aliphatic rings. The van der Waals surface area contributed by atoms with Crippen molar-refractivity contribution in [2.75, 3.05) is 19.6 Å². The molecule has 1 heterocycles. The smallest absolute Gasteiger partial charge is 0.0678 e. The third-order valence-electron chi connectivity index (χ3n) is 5.32. The molecule has 23 heavy (non-hydrogen) atoms. The fourth-order valence-electron chi connectivity index (χ4n) is 3.16. The van der Waals surface area contributed by atoms with Crippen LogP contribution in [0.2, 0.25) is 0 Å². The van der Waals surface area contributed by atoms with E-state index in [0.29, 0.717) is 17.6 Å². The molecule has 3 unspecified atom stereocenters. The largest absolute Gasteiger partial charge is 0.373 e. The molecule has 0 aromatic rings. The molecule has 0 N–H and O–H groups in total. The Bertz CT molecular complexity index is 387. The lowest BCUT2D eigenvalue weighted by Crippen LogP contribution is -2.46. The Balaban J connectivity index is 2.30. The van der Waals surface area contributed by atoms with Gasteiger partial charge in [0.2, 0.25) is 0 Å². The Morgan fingerprint density at radius 3 is 2.43 bits per heavy atom.